The van der Waals surface area contributed by atoms with Gasteiger partial charge in [-0.15, -0.1) is 0 Å². The molecule has 0 bridgehead atoms. The van der Waals surface area contributed by atoms with Gasteiger partial charge in [-0.05, 0) is 12.3 Å². The van der Waals surface area contributed by atoms with Crippen LogP contribution in [-0.4, -0.2) is 46.1 Å². The lowest BCUT2D eigenvalue weighted by Crippen LogP contribution is -2.46. The topological polar surface area (TPSA) is 102 Å². The van der Waals surface area contributed by atoms with Crippen LogP contribution in [0, 0.1) is 0 Å². The van der Waals surface area contributed by atoms with E-state index in [0.29, 0.717) is 19.1 Å². The van der Waals surface area contributed by atoms with Crippen molar-refractivity contribution in [3.8, 4) is 0 Å². The molecule has 0 aromatic carbocycles. The number of aryl methyl sites for hydroxylation is 1. The van der Waals surface area contributed by atoms with E-state index < -0.39 is 0 Å². The van der Waals surface area contributed by atoms with E-state index in [1.165, 1.54) is 0 Å². The second-order valence-electron chi connectivity index (χ2n) is 6.74. The molecule has 2 aromatic rings. The molecule has 0 spiro atoms. The summed E-state index contributed by atoms with van der Waals surface area (Å²) in [6, 6.07) is 2.22. The predicted octanol–water partition coefficient (Wildman–Crippen LogP) is 1.22. The summed E-state index contributed by atoms with van der Waals surface area (Å²) < 4.78 is 12.4. The number of rotatable bonds is 6. The highest BCUT2D eigenvalue weighted by Crippen LogP contribution is 2.15. The highest BCUT2D eigenvalue weighted by atomic mass is 16.5. The molecule has 0 fully saturated rings. The van der Waals surface area contributed by atoms with Crippen LogP contribution in [-0.2, 0) is 30.9 Å². The molecule has 2 N–H and O–H groups in total. The highest BCUT2D eigenvalue weighted by molar-refractivity contribution is 5.79. The number of nitrogens with zero attached hydrogens (tertiary/aromatic N) is 5. The monoisotopic (exact) mass is 361 g/mol. The Kier molecular flexibility index (Phi) is 5.87. The van der Waals surface area contributed by atoms with Gasteiger partial charge >= 0.3 is 0 Å². The Labute approximate surface area is 153 Å². The number of guanidine groups is 1. The van der Waals surface area contributed by atoms with Gasteiger partial charge in [-0.2, -0.15) is 5.10 Å². The van der Waals surface area contributed by atoms with Crippen LogP contribution in [0.1, 0.15) is 49.3 Å². The van der Waals surface area contributed by atoms with Crippen LogP contribution in [0.15, 0.2) is 15.6 Å². The van der Waals surface area contributed by atoms with Gasteiger partial charge in [0, 0.05) is 32.7 Å². The molecule has 0 radical (unpaired) electrons. The van der Waals surface area contributed by atoms with E-state index in [9.17, 15) is 0 Å². The Bertz CT molecular complexity index is 750. The van der Waals surface area contributed by atoms with Gasteiger partial charge in [0.05, 0.1) is 18.8 Å². The lowest BCUT2D eigenvalue weighted by Gasteiger charge is -2.25. The molecule has 3 heterocycles. The van der Waals surface area contributed by atoms with E-state index in [2.05, 4.69) is 44.7 Å². The largest absolute Gasteiger partial charge is 0.377 e. The van der Waals surface area contributed by atoms with Crippen molar-refractivity contribution in [3.05, 3.63) is 29.2 Å². The minimum Gasteiger partial charge on any atom is -0.377 e. The molecule has 26 heavy (non-hydrogen) atoms. The maximum atomic E-state index is 5.35. The lowest BCUT2D eigenvalue weighted by atomic mass is 10.1. The molecule has 1 aliphatic rings. The van der Waals surface area contributed by atoms with Gasteiger partial charge in [0.2, 0.25) is 0 Å². The molecular formula is C17H27N7O2. The summed E-state index contributed by atoms with van der Waals surface area (Å²) in [5, 5.41) is 15.3. The van der Waals surface area contributed by atoms with Gasteiger partial charge in [-0.3, -0.25) is 4.99 Å². The molecule has 0 saturated carbocycles. The fraction of sp³-hybridized carbons (Fsp3) is 0.647. The summed E-state index contributed by atoms with van der Waals surface area (Å²) in [5.74, 6) is 3.63. The SMILES string of the molecule is CN=C(NCc1cc(C(C)C)no1)NC1CCc2nc(COC)nn2C1. The van der Waals surface area contributed by atoms with Gasteiger partial charge in [0.15, 0.2) is 17.5 Å². The van der Waals surface area contributed by atoms with Crippen LogP contribution < -0.4 is 10.6 Å². The van der Waals surface area contributed by atoms with Gasteiger partial charge in [0.25, 0.3) is 0 Å². The minimum absolute atomic E-state index is 0.242. The lowest BCUT2D eigenvalue weighted by molar-refractivity contribution is 0.177. The second-order valence-corrected chi connectivity index (χ2v) is 6.74. The number of fused-ring (bicyclic) bond motifs is 1. The minimum atomic E-state index is 0.242. The van der Waals surface area contributed by atoms with Crippen molar-refractivity contribution in [2.75, 3.05) is 14.2 Å². The molecule has 1 atom stereocenters. The first kappa shape index (κ1) is 18.4. The molecule has 3 rings (SSSR count). The summed E-state index contributed by atoms with van der Waals surface area (Å²) >= 11 is 0. The van der Waals surface area contributed by atoms with Gasteiger partial charge in [-0.1, -0.05) is 19.0 Å². The van der Waals surface area contributed by atoms with E-state index in [4.69, 9.17) is 9.26 Å². The molecule has 1 unspecified atom stereocenters. The van der Waals surface area contributed by atoms with E-state index in [1.807, 2.05) is 10.7 Å². The first-order valence-corrected chi connectivity index (χ1v) is 8.93. The summed E-state index contributed by atoms with van der Waals surface area (Å²) in [6.45, 7) is 5.92. The quantitative estimate of drug-likeness (QED) is 0.589. The van der Waals surface area contributed by atoms with Crippen LogP contribution in [0.25, 0.3) is 0 Å². The number of ether oxygens (including phenoxy) is 1. The average Bonchev–Trinajstić information content (AvgIpc) is 3.25. The van der Waals surface area contributed by atoms with Crippen LogP contribution in [0.4, 0.5) is 0 Å². The van der Waals surface area contributed by atoms with Crippen molar-refractivity contribution in [1.29, 1.82) is 0 Å². The van der Waals surface area contributed by atoms with E-state index >= 15 is 0 Å². The summed E-state index contributed by atoms with van der Waals surface area (Å²) in [6.07, 6.45) is 1.86. The fourth-order valence-corrected chi connectivity index (χ4v) is 2.91. The van der Waals surface area contributed by atoms with Crippen LogP contribution in [0.5, 0.6) is 0 Å². The third-order valence-electron chi connectivity index (χ3n) is 4.34. The molecule has 9 heteroatoms. The summed E-state index contributed by atoms with van der Waals surface area (Å²) in [4.78, 5) is 8.80. The number of aromatic nitrogens is 4. The molecule has 9 nitrogen and oxygen atoms in total. The number of hydrogen-bond acceptors (Lipinski definition) is 6. The maximum absolute atomic E-state index is 5.35. The van der Waals surface area contributed by atoms with Crippen molar-refractivity contribution in [1.82, 2.24) is 30.6 Å². The van der Waals surface area contributed by atoms with Crippen molar-refractivity contribution in [2.24, 2.45) is 4.99 Å². The molecule has 142 valence electrons. The van der Waals surface area contributed by atoms with Crippen molar-refractivity contribution in [3.63, 3.8) is 0 Å². The number of nitrogens with one attached hydrogen (secondary N) is 2. The zero-order chi connectivity index (χ0) is 18.5. The summed E-state index contributed by atoms with van der Waals surface area (Å²) in [7, 11) is 3.41. The van der Waals surface area contributed by atoms with Crippen LogP contribution >= 0.6 is 0 Å². The molecular weight excluding hydrogens is 334 g/mol. The third-order valence-corrected chi connectivity index (χ3v) is 4.34. The number of methoxy groups -OCH3 is 1. The van der Waals surface area contributed by atoms with Crippen LogP contribution in [0.2, 0.25) is 0 Å². The Hall–Kier alpha value is -2.42. The Morgan fingerprint density at radius 3 is 3.04 bits per heavy atom. The van der Waals surface area contributed by atoms with E-state index in [0.717, 1.165) is 48.4 Å². The summed E-state index contributed by atoms with van der Waals surface area (Å²) in [5.41, 5.74) is 0.961. The number of aliphatic imine (C=N–C) groups is 1. The zero-order valence-corrected chi connectivity index (χ0v) is 15.8. The number of hydrogen-bond donors (Lipinski definition) is 2. The Balaban J connectivity index is 1.53. The van der Waals surface area contributed by atoms with Crippen LogP contribution in [0.3, 0.4) is 0 Å². The molecule has 1 aliphatic heterocycles. The van der Waals surface area contributed by atoms with Gasteiger partial charge < -0.3 is 19.9 Å². The average molecular weight is 361 g/mol. The standard InChI is InChI=1S/C17H27N7O2/c1-11(2)14-7-13(26-23-14)8-19-17(18-3)20-12-5-6-16-21-15(10-25-4)22-24(16)9-12/h7,11-12H,5-6,8-10H2,1-4H3,(H2,18,19,20). The zero-order valence-electron chi connectivity index (χ0n) is 15.8. The smallest absolute Gasteiger partial charge is 0.191 e. The van der Waals surface area contributed by atoms with E-state index in [-0.39, 0.29) is 6.04 Å². The first-order chi connectivity index (χ1) is 12.6. The van der Waals surface area contributed by atoms with Crippen molar-refractivity contribution in [2.45, 2.75) is 58.3 Å². The van der Waals surface area contributed by atoms with Crippen molar-refractivity contribution < 1.29 is 9.26 Å². The maximum Gasteiger partial charge on any atom is 0.191 e. The highest BCUT2D eigenvalue weighted by Gasteiger charge is 2.22. The molecule has 0 aliphatic carbocycles. The molecule has 2 aromatic heterocycles. The first-order valence-electron chi connectivity index (χ1n) is 8.93. The second kappa shape index (κ2) is 8.31. The predicted molar refractivity (Wildman–Crippen MR) is 96.8 cm³/mol. The van der Waals surface area contributed by atoms with Crippen molar-refractivity contribution >= 4 is 5.96 Å². The third kappa shape index (κ3) is 4.40. The molecule has 0 amide bonds. The fourth-order valence-electron chi connectivity index (χ4n) is 2.91. The van der Waals surface area contributed by atoms with Gasteiger partial charge in [-0.25, -0.2) is 9.67 Å². The van der Waals surface area contributed by atoms with Gasteiger partial charge in [0.1, 0.15) is 12.4 Å². The molecule has 0 saturated heterocycles. The van der Waals surface area contributed by atoms with E-state index in [1.54, 1.807) is 14.2 Å². The normalized spacial score (nSPS) is 17.4. The Morgan fingerprint density at radius 1 is 1.50 bits per heavy atom. The Morgan fingerprint density at radius 2 is 2.35 bits per heavy atom.